The molecule has 0 aromatic heterocycles. The van der Waals surface area contributed by atoms with Gasteiger partial charge in [-0.05, 0) is 85.6 Å². The maximum atomic E-state index is 12.5. The second-order valence-electron chi connectivity index (χ2n) is 11.8. The molecule has 0 unspecified atom stereocenters. The molecule has 5 aromatic carbocycles. The first-order valence-electron chi connectivity index (χ1n) is 15.2. The van der Waals surface area contributed by atoms with Gasteiger partial charge in [0.15, 0.2) is 5.75 Å². The van der Waals surface area contributed by atoms with Gasteiger partial charge in [0.25, 0.3) is 50.6 Å². The van der Waals surface area contributed by atoms with E-state index in [-0.39, 0.29) is 16.9 Å². The molecule has 0 saturated carbocycles. The zero-order valence-electron chi connectivity index (χ0n) is 28.9. The molecule has 8 N–H and O–H groups in total. The first-order chi connectivity index (χ1) is 26.6. The molecule has 58 heavy (non-hydrogen) atoms. The highest BCUT2D eigenvalue weighted by atomic mass is 32.2. The van der Waals surface area contributed by atoms with Crippen LogP contribution in [0.4, 0.5) is 39.8 Å². The van der Waals surface area contributed by atoms with Crippen LogP contribution >= 0.6 is 0 Å². The van der Waals surface area contributed by atoms with Crippen LogP contribution in [0, 0.1) is 13.8 Å². The van der Waals surface area contributed by atoms with Crippen molar-refractivity contribution in [2.45, 2.75) is 38.3 Å². The summed E-state index contributed by atoms with van der Waals surface area (Å²) in [5.74, 6) is -1.25. The largest absolute Gasteiger partial charge is 0.505 e. The molecule has 23 nitrogen and oxygen atoms in total. The molecule has 28 heteroatoms. The number of fused-ring (bicyclic) bond motifs is 1. The third-order valence-electron chi connectivity index (χ3n) is 7.75. The summed E-state index contributed by atoms with van der Waals surface area (Å²) in [6, 6.07) is 10.6. The average molecular weight is 900 g/mol. The molecule has 0 aliphatic carbocycles. The van der Waals surface area contributed by atoms with Crippen molar-refractivity contribution in [2.75, 3.05) is 5.73 Å². The molecule has 0 aliphatic heterocycles. The summed E-state index contributed by atoms with van der Waals surface area (Å²) >= 11 is 0. The van der Waals surface area contributed by atoms with E-state index >= 15 is 0 Å². The van der Waals surface area contributed by atoms with Gasteiger partial charge in [0.2, 0.25) is 0 Å². The van der Waals surface area contributed by atoms with E-state index < -0.39 is 120 Å². The Bertz CT molecular complexity index is 3240. The van der Waals surface area contributed by atoms with Crippen LogP contribution in [0.25, 0.3) is 10.8 Å². The van der Waals surface area contributed by atoms with E-state index in [4.69, 9.17) is 5.73 Å². The number of aryl methyl sites for hydroxylation is 2. The van der Waals surface area contributed by atoms with Crippen molar-refractivity contribution in [1.29, 1.82) is 0 Å². The second-order valence-corrected chi connectivity index (χ2v) is 18.8. The van der Waals surface area contributed by atoms with Crippen LogP contribution in [0.3, 0.4) is 0 Å². The zero-order valence-corrected chi connectivity index (χ0v) is 33.0. The van der Waals surface area contributed by atoms with Gasteiger partial charge in [-0.15, -0.1) is 20.5 Å². The molecule has 306 valence electrons. The van der Waals surface area contributed by atoms with Crippen molar-refractivity contribution in [2.24, 2.45) is 30.7 Å². The highest BCUT2D eigenvalue weighted by molar-refractivity contribution is 7.87. The Kier molecular flexibility index (Phi) is 11.4. The monoisotopic (exact) mass is 899 g/mol. The molecule has 5 rings (SSSR count). The van der Waals surface area contributed by atoms with Crippen LogP contribution in [-0.2, 0) is 50.6 Å². The van der Waals surface area contributed by atoms with Gasteiger partial charge < -0.3 is 10.8 Å². The minimum Gasteiger partial charge on any atom is -0.505 e. The van der Waals surface area contributed by atoms with Crippen molar-refractivity contribution in [1.82, 2.24) is 0 Å². The third kappa shape index (κ3) is 9.36. The van der Waals surface area contributed by atoms with Gasteiger partial charge >= 0.3 is 0 Å². The molecular weight excluding hydrogens is 875 g/mol. The van der Waals surface area contributed by atoms with Crippen molar-refractivity contribution in [3.8, 4) is 5.75 Å². The van der Waals surface area contributed by atoms with Crippen molar-refractivity contribution in [3.63, 3.8) is 0 Å². The number of nitrogen functional groups attached to an aromatic ring is 1. The minimum absolute atomic E-state index is 0.0473. The fraction of sp³-hybridized carbons (Fsp3) is 0.0667. The predicted molar refractivity (Wildman–Crippen MR) is 200 cm³/mol. The van der Waals surface area contributed by atoms with Crippen LogP contribution in [0.15, 0.2) is 122 Å². The van der Waals surface area contributed by atoms with E-state index in [0.29, 0.717) is 23.8 Å². The van der Waals surface area contributed by atoms with Crippen LogP contribution in [0.1, 0.15) is 11.1 Å². The number of nitrogens with two attached hydrogens (primary N) is 1. The Labute approximate surface area is 328 Å². The summed E-state index contributed by atoms with van der Waals surface area (Å²) in [7, 11) is -25.5. The number of rotatable bonds is 11. The van der Waals surface area contributed by atoms with Crippen molar-refractivity contribution < 1.29 is 70.0 Å². The summed E-state index contributed by atoms with van der Waals surface area (Å²) in [5, 5.41) is 32.5. The van der Waals surface area contributed by atoms with Gasteiger partial charge in [0.05, 0.1) is 27.3 Å². The van der Waals surface area contributed by atoms with Crippen LogP contribution in [0.2, 0.25) is 0 Å². The van der Waals surface area contributed by atoms with Gasteiger partial charge in [-0.3, -0.25) is 22.8 Å². The lowest BCUT2D eigenvalue weighted by molar-refractivity contribution is 0.471. The molecule has 0 bridgehead atoms. The van der Waals surface area contributed by atoms with Crippen LogP contribution in [-0.4, -0.2) is 70.0 Å². The number of aromatic hydroxyl groups is 1. The standard InChI is InChI=1S/C30H25N7O16S5/c1-14-3-6-20(24(9-14)56(45,46)47)35-37-29-26(58(51,52)53)12-18-23(55(42,43)44)13-22(28(31)27(18)30(29)38)36-33-19-7-4-16(10-15(19)2)32-34-21-8-5-17(54(39,40)41)11-25(21)57(48,49)50/h3-13,38H,31H2,1-2H3,(H,39,40,41)(H,42,43,44)(H,45,46,47)(H,48,49,50)(H,51,52,53). The van der Waals surface area contributed by atoms with Crippen molar-refractivity contribution >= 4 is 101 Å². The number of azo groups is 3. The lowest BCUT2D eigenvalue weighted by Gasteiger charge is -2.14. The Balaban J connectivity index is 1.62. The summed E-state index contributed by atoms with van der Waals surface area (Å²) in [6.45, 7) is 2.95. The average Bonchev–Trinajstić information content (AvgIpc) is 3.08. The van der Waals surface area contributed by atoms with Gasteiger partial charge in [-0.1, -0.05) is 6.07 Å². The molecule has 0 amide bonds. The number of nitrogens with zero attached hydrogens (tertiary/aromatic N) is 6. The quantitative estimate of drug-likeness (QED) is 0.0439. The van der Waals surface area contributed by atoms with Gasteiger partial charge in [-0.2, -0.15) is 52.3 Å². The van der Waals surface area contributed by atoms with E-state index in [1.165, 1.54) is 38.1 Å². The summed E-state index contributed by atoms with van der Waals surface area (Å²) in [6.07, 6.45) is 0. The highest BCUT2D eigenvalue weighted by Crippen LogP contribution is 2.48. The number of phenols is 1. The van der Waals surface area contributed by atoms with E-state index in [1.807, 2.05) is 0 Å². The molecule has 5 aromatic rings. The van der Waals surface area contributed by atoms with Crippen LogP contribution < -0.4 is 5.73 Å². The lowest BCUT2D eigenvalue weighted by atomic mass is 10.0. The molecule has 0 saturated heterocycles. The van der Waals surface area contributed by atoms with Gasteiger partial charge in [0, 0.05) is 5.39 Å². The molecule has 0 fully saturated rings. The number of hydrogen-bond donors (Lipinski definition) is 7. The summed E-state index contributed by atoms with van der Waals surface area (Å²) in [5.41, 5.74) is 3.70. The number of phenolic OH excluding ortho intramolecular Hbond substituents is 1. The zero-order chi connectivity index (χ0) is 43.3. The molecule has 0 radical (unpaired) electrons. The third-order valence-corrected chi connectivity index (χ3v) is 12.1. The predicted octanol–water partition coefficient (Wildman–Crippen LogP) is 6.22. The topological polar surface area (TPSA) is 392 Å². The molecular formula is C30H25N7O16S5. The number of benzene rings is 5. The first kappa shape index (κ1) is 43.4. The second kappa shape index (κ2) is 15.2. The smallest absolute Gasteiger partial charge is 0.296 e. The fourth-order valence-electron chi connectivity index (χ4n) is 5.09. The molecule has 0 heterocycles. The maximum absolute atomic E-state index is 12.5. The Morgan fingerprint density at radius 1 is 0.483 bits per heavy atom. The lowest BCUT2D eigenvalue weighted by Crippen LogP contribution is -2.04. The summed E-state index contributed by atoms with van der Waals surface area (Å²) in [4.78, 5) is -4.95. The highest BCUT2D eigenvalue weighted by Gasteiger charge is 2.29. The number of anilines is 1. The summed E-state index contributed by atoms with van der Waals surface area (Å²) < 4.78 is 169. The SMILES string of the molecule is Cc1ccc(N=Nc2c(S(=O)(=O)O)cc3c(S(=O)(=O)O)cc(N=Nc4ccc(N=Nc5ccc(S(=O)(=O)O)cc5S(=O)(=O)O)cc4C)c(N)c3c2O)c(S(=O)(=O)O)c1. The maximum Gasteiger partial charge on any atom is 0.296 e. The number of hydrogen-bond acceptors (Lipinski definition) is 18. The van der Waals surface area contributed by atoms with E-state index in [0.717, 1.165) is 24.3 Å². The Morgan fingerprint density at radius 3 is 1.53 bits per heavy atom. The van der Waals surface area contributed by atoms with E-state index in [1.54, 1.807) is 0 Å². The van der Waals surface area contributed by atoms with Crippen LogP contribution in [0.5, 0.6) is 5.75 Å². The van der Waals surface area contributed by atoms with Gasteiger partial charge in [-0.25, -0.2) is 0 Å². The molecule has 0 spiro atoms. The van der Waals surface area contributed by atoms with Gasteiger partial charge in [0.1, 0.15) is 42.3 Å². The van der Waals surface area contributed by atoms with E-state index in [9.17, 15) is 70.0 Å². The minimum atomic E-state index is -5.40. The first-order valence-corrected chi connectivity index (χ1v) is 22.4. The fourth-order valence-corrected chi connectivity index (χ4v) is 8.38. The Morgan fingerprint density at radius 2 is 0.983 bits per heavy atom. The Hall–Kier alpha value is -5.69. The normalized spacial score (nSPS) is 13.4. The molecule has 0 atom stereocenters. The van der Waals surface area contributed by atoms with Crippen molar-refractivity contribution in [3.05, 3.63) is 77.9 Å². The van der Waals surface area contributed by atoms with E-state index in [2.05, 4.69) is 30.7 Å². The molecule has 0 aliphatic rings.